The molecule has 0 saturated heterocycles. The highest BCUT2D eigenvalue weighted by Gasteiger charge is 2.17. The highest BCUT2D eigenvalue weighted by Crippen LogP contribution is 2.35. The molecule has 2 N–H and O–H groups in total. The lowest BCUT2D eigenvalue weighted by atomic mass is 9.98. The third kappa shape index (κ3) is 3.62. The quantitative estimate of drug-likeness (QED) is 0.893. The number of nitrogens with two attached hydrogens (primary N) is 1. The molecular formula is C16H17Cl2NO2. The Bertz CT molecular complexity index is 632. The number of methoxy groups -OCH3 is 2. The minimum Gasteiger partial charge on any atom is -0.493 e. The van der Waals surface area contributed by atoms with E-state index in [9.17, 15) is 0 Å². The van der Waals surface area contributed by atoms with Crippen molar-refractivity contribution in [2.75, 3.05) is 14.2 Å². The van der Waals surface area contributed by atoms with Crippen LogP contribution >= 0.6 is 23.2 Å². The third-order valence-electron chi connectivity index (χ3n) is 3.28. The second kappa shape index (κ2) is 7.03. The number of benzene rings is 2. The third-order valence-corrected chi connectivity index (χ3v) is 3.88. The van der Waals surface area contributed by atoms with Crippen molar-refractivity contribution >= 4 is 23.2 Å². The fourth-order valence-electron chi connectivity index (χ4n) is 2.25. The van der Waals surface area contributed by atoms with E-state index in [2.05, 4.69) is 0 Å². The molecule has 0 aliphatic heterocycles. The minimum atomic E-state index is -0.272. The van der Waals surface area contributed by atoms with Crippen molar-refractivity contribution in [1.29, 1.82) is 0 Å². The van der Waals surface area contributed by atoms with Crippen LogP contribution in [-0.2, 0) is 6.42 Å². The molecule has 2 aromatic carbocycles. The lowest BCUT2D eigenvalue weighted by molar-refractivity contribution is 0.349. The van der Waals surface area contributed by atoms with Crippen LogP contribution in [0, 0.1) is 0 Å². The summed E-state index contributed by atoms with van der Waals surface area (Å²) in [6.07, 6.45) is 0.558. The number of hydrogen-bond acceptors (Lipinski definition) is 3. The topological polar surface area (TPSA) is 44.5 Å². The van der Waals surface area contributed by atoms with Gasteiger partial charge in [0.25, 0.3) is 0 Å². The molecule has 112 valence electrons. The lowest BCUT2D eigenvalue weighted by Gasteiger charge is -2.18. The number of rotatable bonds is 5. The van der Waals surface area contributed by atoms with Crippen molar-refractivity contribution in [2.45, 2.75) is 12.5 Å². The van der Waals surface area contributed by atoms with Crippen LogP contribution in [0.1, 0.15) is 17.2 Å². The van der Waals surface area contributed by atoms with Crippen molar-refractivity contribution in [3.63, 3.8) is 0 Å². The standard InChI is InChI=1S/C16H17Cl2NO2/c1-20-15-5-3-4-12(16(15)21-2)14(19)9-10-8-11(17)6-7-13(10)18/h3-8,14H,9,19H2,1-2H3. The van der Waals surface area contributed by atoms with E-state index in [1.807, 2.05) is 24.3 Å². The van der Waals surface area contributed by atoms with Gasteiger partial charge in [0, 0.05) is 21.7 Å². The molecule has 0 aliphatic carbocycles. The Balaban J connectivity index is 2.32. The summed E-state index contributed by atoms with van der Waals surface area (Å²) in [6, 6.07) is 10.7. The molecular weight excluding hydrogens is 309 g/mol. The maximum Gasteiger partial charge on any atom is 0.165 e. The SMILES string of the molecule is COc1cccc(C(N)Cc2cc(Cl)ccc2Cl)c1OC. The van der Waals surface area contributed by atoms with E-state index in [4.69, 9.17) is 38.4 Å². The summed E-state index contributed by atoms with van der Waals surface area (Å²) in [5.41, 5.74) is 8.08. The Morgan fingerprint density at radius 2 is 1.86 bits per heavy atom. The number of ether oxygens (including phenoxy) is 2. The Labute approximate surface area is 134 Å². The molecule has 21 heavy (non-hydrogen) atoms. The zero-order valence-electron chi connectivity index (χ0n) is 11.9. The van der Waals surface area contributed by atoms with Gasteiger partial charge in [-0.3, -0.25) is 0 Å². The van der Waals surface area contributed by atoms with Crippen molar-refractivity contribution < 1.29 is 9.47 Å². The van der Waals surface area contributed by atoms with Gasteiger partial charge in [-0.15, -0.1) is 0 Å². The van der Waals surface area contributed by atoms with E-state index >= 15 is 0 Å². The van der Waals surface area contributed by atoms with Gasteiger partial charge in [0.05, 0.1) is 14.2 Å². The minimum absolute atomic E-state index is 0.272. The van der Waals surface area contributed by atoms with Crippen LogP contribution in [0.2, 0.25) is 10.0 Å². The van der Waals surface area contributed by atoms with E-state index in [1.54, 1.807) is 26.4 Å². The fourth-order valence-corrected chi connectivity index (χ4v) is 2.64. The van der Waals surface area contributed by atoms with Crippen LogP contribution < -0.4 is 15.2 Å². The first kappa shape index (κ1) is 16.0. The zero-order valence-corrected chi connectivity index (χ0v) is 13.4. The summed E-state index contributed by atoms with van der Waals surface area (Å²) < 4.78 is 10.7. The second-order valence-electron chi connectivity index (χ2n) is 4.63. The summed E-state index contributed by atoms with van der Waals surface area (Å²) in [6.45, 7) is 0. The molecule has 0 amide bonds. The predicted molar refractivity (Wildman–Crippen MR) is 86.6 cm³/mol. The van der Waals surface area contributed by atoms with Gasteiger partial charge >= 0.3 is 0 Å². The summed E-state index contributed by atoms with van der Waals surface area (Å²) in [5.74, 6) is 1.30. The molecule has 2 aromatic rings. The van der Waals surface area contributed by atoms with Crippen LogP contribution in [0.3, 0.4) is 0 Å². The van der Waals surface area contributed by atoms with Gasteiger partial charge in [0.15, 0.2) is 11.5 Å². The molecule has 0 radical (unpaired) electrons. The number of para-hydroxylation sites is 1. The smallest absolute Gasteiger partial charge is 0.165 e. The summed E-state index contributed by atoms with van der Waals surface area (Å²) in [7, 11) is 3.20. The monoisotopic (exact) mass is 325 g/mol. The molecule has 0 saturated carbocycles. The van der Waals surface area contributed by atoms with E-state index in [-0.39, 0.29) is 6.04 Å². The van der Waals surface area contributed by atoms with Gasteiger partial charge in [-0.1, -0.05) is 35.3 Å². The van der Waals surface area contributed by atoms with Crippen molar-refractivity contribution in [3.8, 4) is 11.5 Å². The molecule has 1 atom stereocenters. The molecule has 1 unspecified atom stereocenters. The highest BCUT2D eigenvalue weighted by atomic mass is 35.5. The summed E-state index contributed by atoms with van der Waals surface area (Å²) in [4.78, 5) is 0. The maximum absolute atomic E-state index is 6.31. The molecule has 0 fully saturated rings. The fraction of sp³-hybridized carbons (Fsp3) is 0.250. The van der Waals surface area contributed by atoms with Crippen molar-refractivity contribution in [1.82, 2.24) is 0 Å². The summed E-state index contributed by atoms with van der Waals surface area (Å²) >= 11 is 12.2. The van der Waals surface area contributed by atoms with Gasteiger partial charge in [-0.05, 0) is 36.2 Å². The molecule has 3 nitrogen and oxygen atoms in total. The van der Waals surface area contributed by atoms with Gasteiger partial charge < -0.3 is 15.2 Å². The number of halogens is 2. The van der Waals surface area contributed by atoms with Crippen LogP contribution in [0.15, 0.2) is 36.4 Å². The molecule has 5 heteroatoms. The van der Waals surface area contributed by atoms with Crippen LogP contribution in [0.5, 0.6) is 11.5 Å². The van der Waals surface area contributed by atoms with Crippen molar-refractivity contribution in [2.24, 2.45) is 5.73 Å². The molecule has 0 aliphatic rings. The average molecular weight is 326 g/mol. The second-order valence-corrected chi connectivity index (χ2v) is 5.47. The van der Waals surface area contributed by atoms with E-state index < -0.39 is 0 Å². The molecule has 0 aromatic heterocycles. The Hall–Kier alpha value is -1.42. The molecule has 0 heterocycles. The highest BCUT2D eigenvalue weighted by molar-refractivity contribution is 6.33. The maximum atomic E-state index is 6.31. The first-order chi connectivity index (χ1) is 10.1. The first-order valence-electron chi connectivity index (χ1n) is 6.47. The first-order valence-corrected chi connectivity index (χ1v) is 7.22. The van der Waals surface area contributed by atoms with Crippen LogP contribution in [-0.4, -0.2) is 14.2 Å². The zero-order chi connectivity index (χ0) is 15.4. The van der Waals surface area contributed by atoms with Crippen molar-refractivity contribution in [3.05, 3.63) is 57.6 Å². The largest absolute Gasteiger partial charge is 0.493 e. The lowest BCUT2D eigenvalue weighted by Crippen LogP contribution is -2.15. The molecule has 0 bridgehead atoms. The van der Waals surface area contributed by atoms with Gasteiger partial charge in [0.1, 0.15) is 0 Å². The van der Waals surface area contributed by atoms with E-state index in [1.165, 1.54) is 0 Å². The Morgan fingerprint density at radius 1 is 1.10 bits per heavy atom. The van der Waals surface area contributed by atoms with E-state index in [0.717, 1.165) is 11.1 Å². The Morgan fingerprint density at radius 3 is 2.52 bits per heavy atom. The molecule has 0 spiro atoms. The van der Waals surface area contributed by atoms with Crippen LogP contribution in [0.4, 0.5) is 0 Å². The normalized spacial score (nSPS) is 12.0. The molecule has 2 rings (SSSR count). The van der Waals surface area contributed by atoms with E-state index in [0.29, 0.717) is 28.0 Å². The van der Waals surface area contributed by atoms with Gasteiger partial charge in [0.2, 0.25) is 0 Å². The van der Waals surface area contributed by atoms with Gasteiger partial charge in [-0.2, -0.15) is 0 Å². The summed E-state index contributed by atoms with van der Waals surface area (Å²) in [5, 5.41) is 1.29. The van der Waals surface area contributed by atoms with Gasteiger partial charge in [-0.25, -0.2) is 0 Å². The van der Waals surface area contributed by atoms with Crippen LogP contribution in [0.25, 0.3) is 0 Å². The predicted octanol–water partition coefficient (Wildman–Crippen LogP) is 4.25. The Kier molecular flexibility index (Phi) is 5.34. The number of hydrogen-bond donors (Lipinski definition) is 1. The average Bonchev–Trinajstić information content (AvgIpc) is 2.49.